The third-order valence-corrected chi connectivity index (χ3v) is 6.36. The molecule has 1 aliphatic rings. The molecule has 2 aromatic carbocycles. The lowest BCUT2D eigenvalue weighted by molar-refractivity contribution is -0.135. The van der Waals surface area contributed by atoms with Crippen LogP contribution in [0.2, 0.25) is 0 Å². The van der Waals surface area contributed by atoms with E-state index in [0.29, 0.717) is 32.0 Å². The molecule has 0 radical (unpaired) electrons. The van der Waals surface area contributed by atoms with Gasteiger partial charge in [-0.2, -0.15) is 0 Å². The Morgan fingerprint density at radius 3 is 2.44 bits per heavy atom. The van der Waals surface area contributed by atoms with Crippen molar-refractivity contribution in [3.8, 4) is 0 Å². The van der Waals surface area contributed by atoms with Crippen molar-refractivity contribution in [1.82, 2.24) is 4.90 Å². The van der Waals surface area contributed by atoms with Crippen LogP contribution in [0.3, 0.4) is 0 Å². The Morgan fingerprint density at radius 2 is 1.81 bits per heavy atom. The number of nitrogens with zero attached hydrogens (tertiary/aromatic N) is 2. The summed E-state index contributed by atoms with van der Waals surface area (Å²) in [6.07, 6.45) is 0. The number of carbonyl (C=O) groups excluding carboxylic acids is 2. The van der Waals surface area contributed by atoms with E-state index in [9.17, 15) is 18.0 Å². The Balaban J connectivity index is 1.76. The van der Waals surface area contributed by atoms with Gasteiger partial charge in [-0.1, -0.05) is 30.3 Å². The van der Waals surface area contributed by atoms with Crippen LogP contribution in [0.15, 0.2) is 53.4 Å². The first-order valence-electron chi connectivity index (χ1n) is 10.2. The molecule has 0 bridgehead atoms. The lowest BCUT2D eigenvalue weighted by atomic mass is 10.1. The van der Waals surface area contributed by atoms with Crippen molar-refractivity contribution >= 4 is 27.6 Å². The van der Waals surface area contributed by atoms with Crippen molar-refractivity contribution in [3.63, 3.8) is 0 Å². The van der Waals surface area contributed by atoms with Gasteiger partial charge in [0.25, 0.3) is 5.91 Å². The highest BCUT2D eigenvalue weighted by Crippen LogP contribution is 2.26. The zero-order chi connectivity index (χ0) is 23.3. The van der Waals surface area contributed by atoms with Gasteiger partial charge in [0.15, 0.2) is 6.61 Å². The van der Waals surface area contributed by atoms with Crippen molar-refractivity contribution in [2.24, 2.45) is 5.14 Å². The zero-order valence-electron chi connectivity index (χ0n) is 18.1. The van der Waals surface area contributed by atoms with Gasteiger partial charge >= 0.3 is 5.97 Å². The highest BCUT2D eigenvalue weighted by molar-refractivity contribution is 7.89. The summed E-state index contributed by atoms with van der Waals surface area (Å²) >= 11 is 0. The first kappa shape index (κ1) is 23.7. The summed E-state index contributed by atoms with van der Waals surface area (Å²) in [5.74, 6) is -1.18. The smallest absolute Gasteiger partial charge is 0.340 e. The predicted octanol–water partition coefficient (Wildman–Crippen LogP) is 1.55. The Labute approximate surface area is 187 Å². The van der Waals surface area contributed by atoms with E-state index in [1.807, 2.05) is 42.2 Å². The summed E-state index contributed by atoms with van der Waals surface area (Å²) < 4.78 is 34.2. The molecule has 1 fully saturated rings. The molecule has 9 nitrogen and oxygen atoms in total. The Bertz CT molecular complexity index is 1070. The average Bonchev–Trinajstić information content (AvgIpc) is 2.81. The van der Waals surface area contributed by atoms with E-state index < -0.39 is 22.6 Å². The van der Waals surface area contributed by atoms with Crippen molar-refractivity contribution < 1.29 is 27.5 Å². The van der Waals surface area contributed by atoms with Crippen LogP contribution in [0.1, 0.15) is 28.9 Å². The van der Waals surface area contributed by atoms with Gasteiger partial charge in [-0.05, 0) is 30.7 Å². The monoisotopic (exact) mass is 461 g/mol. The Hall–Kier alpha value is -2.95. The molecule has 1 amide bonds. The highest BCUT2D eigenvalue weighted by atomic mass is 32.2. The number of sulfonamides is 1. The molecular formula is C22H27N3O6S. The number of ether oxygens (including phenoxy) is 2. The van der Waals surface area contributed by atoms with Gasteiger partial charge in [0.05, 0.1) is 35.4 Å². The molecule has 1 aliphatic heterocycles. The number of morpholine rings is 1. The van der Waals surface area contributed by atoms with Gasteiger partial charge in [-0.3, -0.25) is 4.79 Å². The van der Waals surface area contributed by atoms with E-state index >= 15 is 0 Å². The normalized spacial score (nSPS) is 15.2. The summed E-state index contributed by atoms with van der Waals surface area (Å²) in [7, 11) is -2.39. The molecule has 0 aliphatic carbocycles. The van der Waals surface area contributed by atoms with Crippen LogP contribution in [-0.4, -0.2) is 65.2 Å². The van der Waals surface area contributed by atoms with Gasteiger partial charge < -0.3 is 19.3 Å². The fraction of sp³-hybridized carbons (Fsp3) is 0.364. The van der Waals surface area contributed by atoms with Crippen LogP contribution in [0.25, 0.3) is 0 Å². The molecule has 1 atom stereocenters. The minimum atomic E-state index is -4.02. The number of likely N-dealkylation sites (N-methyl/N-ethyl adjacent to an activating group) is 1. The molecule has 172 valence electrons. The van der Waals surface area contributed by atoms with Crippen LogP contribution in [-0.2, 0) is 24.3 Å². The number of anilines is 1. The minimum absolute atomic E-state index is 0.0324. The number of amides is 1. The minimum Gasteiger partial charge on any atom is -0.452 e. The van der Waals surface area contributed by atoms with Gasteiger partial charge in [0.1, 0.15) is 0 Å². The van der Waals surface area contributed by atoms with E-state index in [4.69, 9.17) is 14.6 Å². The Kier molecular flexibility index (Phi) is 7.49. The third kappa shape index (κ3) is 5.64. The largest absolute Gasteiger partial charge is 0.452 e. The molecule has 32 heavy (non-hydrogen) atoms. The van der Waals surface area contributed by atoms with E-state index in [1.165, 1.54) is 23.1 Å². The van der Waals surface area contributed by atoms with Crippen LogP contribution >= 0.6 is 0 Å². The van der Waals surface area contributed by atoms with E-state index in [1.54, 1.807) is 7.05 Å². The average molecular weight is 462 g/mol. The molecule has 1 saturated heterocycles. The maximum atomic E-state index is 12.9. The number of primary sulfonamides is 1. The molecule has 3 rings (SSSR count). The summed E-state index contributed by atoms with van der Waals surface area (Å²) in [5.41, 5.74) is 1.49. The summed E-state index contributed by atoms with van der Waals surface area (Å²) in [6, 6.07) is 13.3. The van der Waals surface area contributed by atoms with Gasteiger partial charge in [0, 0.05) is 20.1 Å². The fourth-order valence-electron chi connectivity index (χ4n) is 3.41. The standard InChI is InChI=1S/C22H27N3O6S/c1-16(17-6-4-3-5-7-17)24(2)21(26)15-31-22(27)19-14-18(32(23,28)29)8-9-20(19)25-10-12-30-13-11-25/h3-9,14,16H,10-13,15H2,1-2H3,(H2,23,28,29). The number of hydrogen-bond donors (Lipinski definition) is 1. The van der Waals surface area contributed by atoms with Gasteiger partial charge in [-0.25, -0.2) is 18.4 Å². The van der Waals surface area contributed by atoms with Crippen molar-refractivity contribution in [1.29, 1.82) is 0 Å². The number of rotatable bonds is 7. The predicted molar refractivity (Wildman–Crippen MR) is 119 cm³/mol. The number of benzene rings is 2. The quantitative estimate of drug-likeness (QED) is 0.621. The first-order valence-corrected chi connectivity index (χ1v) is 11.7. The second-order valence-electron chi connectivity index (χ2n) is 7.49. The van der Waals surface area contributed by atoms with Gasteiger partial charge in [-0.15, -0.1) is 0 Å². The topological polar surface area (TPSA) is 119 Å². The number of esters is 1. The van der Waals surface area contributed by atoms with Gasteiger partial charge in [0.2, 0.25) is 10.0 Å². The summed E-state index contributed by atoms with van der Waals surface area (Å²) in [6.45, 7) is 3.42. The maximum absolute atomic E-state index is 12.9. The lowest BCUT2D eigenvalue weighted by Gasteiger charge is -2.30. The summed E-state index contributed by atoms with van der Waals surface area (Å²) in [5, 5.41) is 5.23. The molecule has 0 aromatic heterocycles. The molecule has 0 saturated carbocycles. The molecular weight excluding hydrogens is 434 g/mol. The molecule has 2 aromatic rings. The maximum Gasteiger partial charge on any atom is 0.340 e. The number of carbonyl (C=O) groups is 2. The van der Waals surface area contributed by atoms with Crippen LogP contribution < -0.4 is 10.0 Å². The van der Waals surface area contributed by atoms with E-state index in [-0.39, 0.29) is 22.4 Å². The second kappa shape index (κ2) is 10.1. The molecule has 1 unspecified atom stereocenters. The van der Waals surface area contributed by atoms with E-state index in [0.717, 1.165) is 5.56 Å². The molecule has 10 heteroatoms. The lowest BCUT2D eigenvalue weighted by Crippen LogP contribution is -2.37. The van der Waals surface area contributed by atoms with Crippen LogP contribution in [0.4, 0.5) is 5.69 Å². The third-order valence-electron chi connectivity index (χ3n) is 5.45. The van der Waals surface area contributed by atoms with Crippen molar-refractivity contribution in [2.45, 2.75) is 17.9 Å². The summed E-state index contributed by atoms with van der Waals surface area (Å²) in [4.78, 5) is 28.7. The van der Waals surface area contributed by atoms with Crippen molar-refractivity contribution in [3.05, 3.63) is 59.7 Å². The fourth-order valence-corrected chi connectivity index (χ4v) is 3.95. The Morgan fingerprint density at radius 1 is 1.16 bits per heavy atom. The first-order chi connectivity index (χ1) is 15.2. The SMILES string of the molecule is CC(c1ccccc1)N(C)C(=O)COC(=O)c1cc(S(N)(=O)=O)ccc1N1CCOCC1. The zero-order valence-corrected chi connectivity index (χ0v) is 18.9. The molecule has 1 heterocycles. The van der Waals surface area contributed by atoms with Crippen LogP contribution in [0.5, 0.6) is 0 Å². The van der Waals surface area contributed by atoms with Crippen molar-refractivity contribution in [2.75, 3.05) is 44.9 Å². The number of hydrogen-bond acceptors (Lipinski definition) is 7. The molecule has 0 spiro atoms. The van der Waals surface area contributed by atoms with Crippen LogP contribution in [0, 0.1) is 0 Å². The molecule has 2 N–H and O–H groups in total. The second-order valence-corrected chi connectivity index (χ2v) is 9.05. The number of nitrogens with two attached hydrogens (primary N) is 1. The van der Waals surface area contributed by atoms with E-state index in [2.05, 4.69) is 0 Å². The highest BCUT2D eigenvalue weighted by Gasteiger charge is 2.24.